The van der Waals surface area contributed by atoms with Crippen molar-refractivity contribution in [1.82, 2.24) is 5.32 Å². The Kier molecular flexibility index (Phi) is 8.33. The quantitative estimate of drug-likeness (QED) is 0.617. The minimum Gasteiger partial charge on any atom is -0.450 e. The molecule has 0 fully saturated rings. The summed E-state index contributed by atoms with van der Waals surface area (Å²) >= 11 is 0. The average molecular weight is 203 g/mol. The van der Waals surface area contributed by atoms with E-state index in [-0.39, 0.29) is 12.7 Å². The van der Waals surface area contributed by atoms with Gasteiger partial charge in [0.05, 0.1) is 6.61 Å². The third-order valence-corrected chi connectivity index (χ3v) is 1.69. The van der Waals surface area contributed by atoms with Gasteiger partial charge in [0.15, 0.2) is 0 Å². The van der Waals surface area contributed by atoms with Gasteiger partial charge in [-0.25, -0.2) is 4.79 Å². The second kappa shape index (κ2) is 8.81. The molecular formula is C10H21NO3. The third kappa shape index (κ3) is 9.32. The van der Waals surface area contributed by atoms with E-state index >= 15 is 0 Å². The van der Waals surface area contributed by atoms with Gasteiger partial charge in [-0.1, -0.05) is 13.8 Å². The molecule has 0 aliphatic carbocycles. The number of hydrogen-bond donors (Lipinski definition) is 2. The number of aliphatic hydroxyl groups excluding tert-OH is 1. The number of hydrogen-bond acceptors (Lipinski definition) is 3. The van der Waals surface area contributed by atoms with Gasteiger partial charge in [0, 0.05) is 13.2 Å². The minimum absolute atomic E-state index is 0.208. The molecule has 0 aromatic heterocycles. The third-order valence-electron chi connectivity index (χ3n) is 1.69. The summed E-state index contributed by atoms with van der Waals surface area (Å²) in [4.78, 5) is 11.0. The Morgan fingerprint density at radius 1 is 1.36 bits per heavy atom. The van der Waals surface area contributed by atoms with Crippen molar-refractivity contribution in [2.45, 2.75) is 33.1 Å². The highest BCUT2D eigenvalue weighted by molar-refractivity contribution is 5.66. The molecule has 84 valence electrons. The van der Waals surface area contributed by atoms with Crippen molar-refractivity contribution >= 4 is 6.09 Å². The van der Waals surface area contributed by atoms with Crippen LogP contribution in [-0.4, -0.2) is 31.0 Å². The molecule has 0 saturated carbocycles. The fraction of sp³-hybridized carbons (Fsp3) is 0.900. The van der Waals surface area contributed by atoms with Crippen molar-refractivity contribution in [2.75, 3.05) is 19.8 Å². The molecule has 1 amide bonds. The minimum atomic E-state index is -0.345. The van der Waals surface area contributed by atoms with Crippen LogP contribution in [0.3, 0.4) is 0 Å². The van der Waals surface area contributed by atoms with Crippen molar-refractivity contribution in [2.24, 2.45) is 5.92 Å². The highest BCUT2D eigenvalue weighted by Crippen LogP contribution is 1.95. The maximum atomic E-state index is 11.0. The molecule has 0 aromatic rings. The normalized spacial score (nSPS) is 10.3. The van der Waals surface area contributed by atoms with Crippen LogP contribution < -0.4 is 5.32 Å². The molecule has 14 heavy (non-hydrogen) atoms. The number of carbonyl (C=O) groups is 1. The molecule has 0 heterocycles. The molecule has 0 atom stereocenters. The second-order valence-electron chi connectivity index (χ2n) is 3.69. The maximum absolute atomic E-state index is 11.0. The first-order chi connectivity index (χ1) is 6.66. The van der Waals surface area contributed by atoms with Crippen LogP contribution in [0.25, 0.3) is 0 Å². The molecule has 0 bridgehead atoms. The summed E-state index contributed by atoms with van der Waals surface area (Å²) in [5, 5.41) is 11.2. The molecule has 0 rings (SSSR count). The Labute approximate surface area is 85.6 Å². The van der Waals surface area contributed by atoms with E-state index in [0.29, 0.717) is 19.1 Å². The van der Waals surface area contributed by atoms with Crippen molar-refractivity contribution in [3.05, 3.63) is 0 Å². The summed E-state index contributed by atoms with van der Waals surface area (Å²) in [5.41, 5.74) is 0. The molecule has 4 nitrogen and oxygen atoms in total. The molecule has 2 N–H and O–H groups in total. The predicted octanol–water partition coefficient (Wildman–Crippen LogP) is 1.53. The van der Waals surface area contributed by atoms with E-state index in [1.54, 1.807) is 0 Å². The lowest BCUT2D eigenvalue weighted by Crippen LogP contribution is -2.28. The first kappa shape index (κ1) is 13.2. The standard InChI is InChI=1S/C10H21NO3/c1-9(2)8-11-10(13)14-7-5-3-4-6-12/h9,12H,3-8H2,1-2H3,(H,11,13). The highest BCUT2D eigenvalue weighted by Gasteiger charge is 2.01. The SMILES string of the molecule is CC(C)CNC(=O)OCCCCCO. The Bertz CT molecular complexity index is 148. The van der Waals surface area contributed by atoms with Gasteiger partial charge in [-0.15, -0.1) is 0 Å². The fourth-order valence-electron chi connectivity index (χ4n) is 0.894. The van der Waals surface area contributed by atoms with Gasteiger partial charge in [-0.05, 0) is 25.2 Å². The van der Waals surface area contributed by atoms with Gasteiger partial charge in [0.25, 0.3) is 0 Å². The fourth-order valence-corrected chi connectivity index (χ4v) is 0.894. The zero-order chi connectivity index (χ0) is 10.8. The Morgan fingerprint density at radius 3 is 2.64 bits per heavy atom. The lowest BCUT2D eigenvalue weighted by molar-refractivity contribution is 0.142. The lowest BCUT2D eigenvalue weighted by Gasteiger charge is -2.08. The van der Waals surface area contributed by atoms with Crippen LogP contribution in [-0.2, 0) is 4.74 Å². The number of unbranched alkanes of at least 4 members (excludes halogenated alkanes) is 2. The van der Waals surface area contributed by atoms with E-state index < -0.39 is 0 Å². The molecule has 0 saturated heterocycles. The summed E-state index contributed by atoms with van der Waals surface area (Å²) in [6.07, 6.45) is 2.14. The van der Waals surface area contributed by atoms with Crippen LogP contribution in [0.15, 0.2) is 0 Å². The molecule has 0 unspecified atom stereocenters. The number of amides is 1. The molecule has 0 aliphatic rings. The summed E-state index contributed by atoms with van der Waals surface area (Å²) in [6, 6.07) is 0. The molecule has 0 aromatic carbocycles. The monoisotopic (exact) mass is 203 g/mol. The zero-order valence-corrected chi connectivity index (χ0v) is 9.08. The van der Waals surface area contributed by atoms with Gasteiger partial charge in [-0.3, -0.25) is 0 Å². The van der Waals surface area contributed by atoms with E-state index in [0.717, 1.165) is 19.3 Å². The van der Waals surface area contributed by atoms with E-state index in [9.17, 15) is 4.79 Å². The van der Waals surface area contributed by atoms with Crippen molar-refractivity contribution in [3.8, 4) is 0 Å². The second-order valence-corrected chi connectivity index (χ2v) is 3.69. The van der Waals surface area contributed by atoms with Gasteiger partial charge in [0.2, 0.25) is 0 Å². The van der Waals surface area contributed by atoms with Crippen LogP contribution in [0.1, 0.15) is 33.1 Å². The smallest absolute Gasteiger partial charge is 0.407 e. The van der Waals surface area contributed by atoms with E-state index in [4.69, 9.17) is 9.84 Å². The first-order valence-corrected chi connectivity index (χ1v) is 5.18. The number of nitrogens with one attached hydrogen (secondary N) is 1. The van der Waals surface area contributed by atoms with E-state index in [1.165, 1.54) is 0 Å². The predicted molar refractivity (Wildman–Crippen MR) is 55.1 cm³/mol. The first-order valence-electron chi connectivity index (χ1n) is 5.18. The average Bonchev–Trinajstić information content (AvgIpc) is 2.14. The molecule has 0 radical (unpaired) electrons. The maximum Gasteiger partial charge on any atom is 0.407 e. The van der Waals surface area contributed by atoms with E-state index in [2.05, 4.69) is 5.32 Å². The summed E-state index contributed by atoms with van der Waals surface area (Å²) in [6.45, 7) is 5.35. The number of carbonyl (C=O) groups excluding carboxylic acids is 1. The number of ether oxygens (including phenoxy) is 1. The lowest BCUT2D eigenvalue weighted by atomic mass is 10.2. The van der Waals surface area contributed by atoms with Gasteiger partial charge >= 0.3 is 6.09 Å². The van der Waals surface area contributed by atoms with Crippen LogP contribution >= 0.6 is 0 Å². The van der Waals surface area contributed by atoms with Gasteiger partial charge in [0.1, 0.15) is 0 Å². The van der Waals surface area contributed by atoms with Crippen LogP contribution in [0, 0.1) is 5.92 Å². The van der Waals surface area contributed by atoms with Gasteiger partial charge < -0.3 is 15.2 Å². The molecular weight excluding hydrogens is 182 g/mol. The summed E-state index contributed by atoms with van der Waals surface area (Å²) in [7, 11) is 0. The molecule has 0 spiro atoms. The van der Waals surface area contributed by atoms with Gasteiger partial charge in [-0.2, -0.15) is 0 Å². The van der Waals surface area contributed by atoms with Crippen molar-refractivity contribution in [1.29, 1.82) is 0 Å². The number of aliphatic hydroxyl groups is 1. The van der Waals surface area contributed by atoms with Crippen LogP contribution in [0.5, 0.6) is 0 Å². The summed E-state index contributed by atoms with van der Waals surface area (Å²) < 4.78 is 4.91. The van der Waals surface area contributed by atoms with E-state index in [1.807, 2.05) is 13.8 Å². The Hall–Kier alpha value is -0.770. The van der Waals surface area contributed by atoms with Crippen molar-refractivity contribution < 1.29 is 14.6 Å². The highest BCUT2D eigenvalue weighted by atomic mass is 16.5. The number of alkyl carbamates (subject to hydrolysis) is 1. The topological polar surface area (TPSA) is 58.6 Å². The Balaban J connectivity index is 3.18. The molecule has 0 aliphatic heterocycles. The van der Waals surface area contributed by atoms with Crippen LogP contribution in [0.2, 0.25) is 0 Å². The summed E-state index contributed by atoms with van der Waals surface area (Å²) in [5.74, 6) is 0.442. The molecule has 4 heteroatoms. The van der Waals surface area contributed by atoms with Crippen LogP contribution in [0.4, 0.5) is 4.79 Å². The Morgan fingerprint density at radius 2 is 2.07 bits per heavy atom. The van der Waals surface area contributed by atoms with Crippen molar-refractivity contribution in [3.63, 3.8) is 0 Å². The largest absolute Gasteiger partial charge is 0.450 e. The number of rotatable bonds is 7. The zero-order valence-electron chi connectivity index (χ0n) is 9.08.